The number of hydrogen-bond acceptors (Lipinski definition) is 2. The van der Waals surface area contributed by atoms with Gasteiger partial charge in [-0.05, 0) is 29.3 Å². The Labute approximate surface area is 126 Å². The average Bonchev–Trinajstić information content (AvgIpc) is 2.78. The summed E-state index contributed by atoms with van der Waals surface area (Å²) in [4.78, 5) is 12.2. The molecule has 0 aromatic heterocycles. The molecule has 0 spiro atoms. The van der Waals surface area contributed by atoms with Gasteiger partial charge in [-0.2, -0.15) is 0 Å². The molecule has 0 fully saturated rings. The Morgan fingerprint density at radius 2 is 2.05 bits per heavy atom. The van der Waals surface area contributed by atoms with Crippen molar-refractivity contribution in [1.29, 1.82) is 0 Å². The Kier molecular flexibility index (Phi) is 3.66. The van der Waals surface area contributed by atoms with Crippen LogP contribution in [0, 0.1) is 5.82 Å². The zero-order valence-electron chi connectivity index (χ0n) is 11.0. The Hall–Kier alpha value is -1.91. The van der Waals surface area contributed by atoms with E-state index in [1.165, 1.54) is 12.1 Å². The number of fused-ring (bicyclic) bond motifs is 1. The SMILES string of the molecule is O=C(N[C@H]1c2ccccc2C[C@H]1O)c1ccc(F)c(Cl)c1. The molecule has 0 bridgehead atoms. The molecule has 3 nitrogen and oxygen atoms in total. The zero-order valence-corrected chi connectivity index (χ0v) is 11.8. The summed E-state index contributed by atoms with van der Waals surface area (Å²) >= 11 is 5.68. The maximum Gasteiger partial charge on any atom is 0.251 e. The summed E-state index contributed by atoms with van der Waals surface area (Å²) in [5.74, 6) is -0.961. The molecule has 0 saturated carbocycles. The van der Waals surface area contributed by atoms with E-state index >= 15 is 0 Å². The van der Waals surface area contributed by atoms with Crippen LogP contribution in [0.3, 0.4) is 0 Å². The van der Waals surface area contributed by atoms with E-state index < -0.39 is 23.9 Å². The van der Waals surface area contributed by atoms with Gasteiger partial charge in [-0.25, -0.2) is 4.39 Å². The summed E-state index contributed by atoms with van der Waals surface area (Å²) in [5, 5.41) is 12.8. The molecular formula is C16H13ClFNO2. The largest absolute Gasteiger partial charge is 0.390 e. The second-order valence-electron chi connectivity index (χ2n) is 5.05. The molecule has 5 heteroatoms. The van der Waals surface area contributed by atoms with E-state index in [-0.39, 0.29) is 10.6 Å². The highest BCUT2D eigenvalue weighted by molar-refractivity contribution is 6.31. The minimum absolute atomic E-state index is 0.102. The number of hydrogen-bond donors (Lipinski definition) is 2. The quantitative estimate of drug-likeness (QED) is 0.896. The van der Waals surface area contributed by atoms with Crippen LogP contribution in [0.4, 0.5) is 4.39 Å². The predicted octanol–water partition coefficient (Wildman–Crippen LogP) is 2.87. The molecule has 2 N–H and O–H groups in total. The fourth-order valence-electron chi connectivity index (χ4n) is 2.61. The van der Waals surface area contributed by atoms with Gasteiger partial charge in [-0.15, -0.1) is 0 Å². The van der Waals surface area contributed by atoms with Crippen LogP contribution >= 0.6 is 11.6 Å². The second kappa shape index (κ2) is 5.47. The van der Waals surface area contributed by atoms with E-state index in [2.05, 4.69) is 5.32 Å². The lowest BCUT2D eigenvalue weighted by atomic mass is 10.1. The topological polar surface area (TPSA) is 49.3 Å². The standard InChI is InChI=1S/C16H13ClFNO2/c17-12-7-10(5-6-13(12)18)16(21)19-15-11-4-2-1-3-9(11)8-14(15)20/h1-7,14-15,20H,8H2,(H,19,21)/t14-,15+/m1/s1. The van der Waals surface area contributed by atoms with Crippen LogP contribution in [0.15, 0.2) is 42.5 Å². The van der Waals surface area contributed by atoms with Gasteiger partial charge in [0.25, 0.3) is 5.91 Å². The van der Waals surface area contributed by atoms with Gasteiger partial charge < -0.3 is 10.4 Å². The van der Waals surface area contributed by atoms with E-state index in [0.29, 0.717) is 6.42 Å². The smallest absolute Gasteiger partial charge is 0.251 e. The summed E-state index contributed by atoms with van der Waals surface area (Å²) in [6.45, 7) is 0. The first-order valence-electron chi connectivity index (χ1n) is 6.58. The van der Waals surface area contributed by atoms with Crippen molar-refractivity contribution in [2.24, 2.45) is 0 Å². The molecular weight excluding hydrogens is 293 g/mol. The lowest BCUT2D eigenvalue weighted by Crippen LogP contribution is -2.33. The molecule has 21 heavy (non-hydrogen) atoms. The van der Waals surface area contributed by atoms with Gasteiger partial charge in [0.15, 0.2) is 0 Å². The van der Waals surface area contributed by atoms with E-state index in [0.717, 1.165) is 17.2 Å². The lowest BCUT2D eigenvalue weighted by Gasteiger charge is -2.18. The van der Waals surface area contributed by atoms with Gasteiger partial charge in [0.1, 0.15) is 5.82 Å². The highest BCUT2D eigenvalue weighted by Crippen LogP contribution is 2.31. The van der Waals surface area contributed by atoms with E-state index in [4.69, 9.17) is 11.6 Å². The number of rotatable bonds is 2. The van der Waals surface area contributed by atoms with E-state index in [9.17, 15) is 14.3 Å². The maximum absolute atomic E-state index is 13.1. The first-order chi connectivity index (χ1) is 10.1. The number of carbonyl (C=O) groups is 1. The van der Waals surface area contributed by atoms with Gasteiger partial charge in [-0.1, -0.05) is 35.9 Å². The van der Waals surface area contributed by atoms with Gasteiger partial charge in [-0.3, -0.25) is 4.79 Å². The molecule has 2 aromatic rings. The monoisotopic (exact) mass is 305 g/mol. The number of carbonyl (C=O) groups excluding carboxylic acids is 1. The Morgan fingerprint density at radius 1 is 1.29 bits per heavy atom. The Bertz CT molecular complexity index is 704. The number of halogens is 2. The summed E-state index contributed by atoms with van der Waals surface area (Å²) in [6.07, 6.45) is -0.159. The third-order valence-corrected chi connectivity index (χ3v) is 3.96. The van der Waals surface area contributed by atoms with Gasteiger partial charge >= 0.3 is 0 Å². The molecule has 2 atom stereocenters. The van der Waals surface area contributed by atoms with Crippen molar-refractivity contribution in [3.8, 4) is 0 Å². The fraction of sp³-hybridized carbons (Fsp3) is 0.188. The van der Waals surface area contributed by atoms with Crippen LogP contribution < -0.4 is 5.32 Å². The minimum atomic E-state index is -0.665. The van der Waals surface area contributed by atoms with Crippen LogP contribution in [0.1, 0.15) is 27.5 Å². The van der Waals surface area contributed by atoms with Crippen molar-refractivity contribution in [2.45, 2.75) is 18.6 Å². The molecule has 3 rings (SSSR count). The molecule has 1 aliphatic carbocycles. The third-order valence-electron chi connectivity index (χ3n) is 3.67. The lowest BCUT2D eigenvalue weighted by molar-refractivity contribution is 0.0858. The summed E-state index contributed by atoms with van der Waals surface area (Å²) in [5.41, 5.74) is 2.19. The minimum Gasteiger partial charge on any atom is -0.390 e. The Morgan fingerprint density at radius 3 is 2.81 bits per heavy atom. The predicted molar refractivity (Wildman–Crippen MR) is 77.8 cm³/mol. The number of aliphatic hydroxyl groups is 1. The molecule has 108 valence electrons. The fourth-order valence-corrected chi connectivity index (χ4v) is 2.79. The van der Waals surface area contributed by atoms with Crippen molar-refractivity contribution in [1.82, 2.24) is 5.32 Å². The molecule has 0 aliphatic heterocycles. The van der Waals surface area contributed by atoms with Crippen LogP contribution in [0.25, 0.3) is 0 Å². The Balaban J connectivity index is 1.83. The second-order valence-corrected chi connectivity index (χ2v) is 5.46. The zero-order chi connectivity index (χ0) is 15.0. The van der Waals surface area contributed by atoms with Crippen molar-refractivity contribution in [2.75, 3.05) is 0 Å². The van der Waals surface area contributed by atoms with E-state index in [1.807, 2.05) is 24.3 Å². The first kappa shape index (κ1) is 14.0. The molecule has 1 aliphatic rings. The molecule has 0 saturated heterocycles. The summed E-state index contributed by atoms with van der Waals surface area (Å²) < 4.78 is 13.1. The molecule has 0 unspecified atom stereocenters. The third kappa shape index (κ3) is 2.64. The van der Waals surface area contributed by atoms with Crippen molar-refractivity contribution in [3.05, 3.63) is 70.0 Å². The van der Waals surface area contributed by atoms with Gasteiger partial charge in [0, 0.05) is 12.0 Å². The van der Waals surface area contributed by atoms with Crippen LogP contribution in [0.5, 0.6) is 0 Å². The summed E-state index contributed by atoms with van der Waals surface area (Å²) in [6, 6.07) is 10.9. The summed E-state index contributed by atoms with van der Waals surface area (Å²) in [7, 11) is 0. The molecule has 2 aromatic carbocycles. The van der Waals surface area contributed by atoms with Gasteiger partial charge in [0.05, 0.1) is 17.2 Å². The first-order valence-corrected chi connectivity index (χ1v) is 6.96. The van der Waals surface area contributed by atoms with Crippen LogP contribution in [-0.4, -0.2) is 17.1 Å². The molecule has 1 amide bonds. The molecule has 0 radical (unpaired) electrons. The van der Waals surface area contributed by atoms with Crippen molar-refractivity contribution >= 4 is 17.5 Å². The maximum atomic E-state index is 13.1. The highest BCUT2D eigenvalue weighted by atomic mass is 35.5. The van der Waals surface area contributed by atoms with Crippen molar-refractivity contribution in [3.63, 3.8) is 0 Å². The van der Waals surface area contributed by atoms with Crippen LogP contribution in [-0.2, 0) is 6.42 Å². The number of amides is 1. The highest BCUT2D eigenvalue weighted by Gasteiger charge is 2.32. The average molecular weight is 306 g/mol. The normalized spacial score (nSPS) is 20.1. The van der Waals surface area contributed by atoms with Gasteiger partial charge in [0.2, 0.25) is 0 Å². The number of benzene rings is 2. The van der Waals surface area contributed by atoms with Crippen molar-refractivity contribution < 1.29 is 14.3 Å². The molecule has 0 heterocycles. The number of nitrogens with one attached hydrogen (secondary N) is 1. The van der Waals surface area contributed by atoms with Crippen LogP contribution in [0.2, 0.25) is 5.02 Å². The number of aliphatic hydroxyl groups excluding tert-OH is 1. The van der Waals surface area contributed by atoms with E-state index in [1.54, 1.807) is 0 Å².